The highest BCUT2D eigenvalue weighted by Gasteiger charge is 2.12. The molecule has 0 aliphatic rings. The lowest BCUT2D eigenvalue weighted by molar-refractivity contribution is -0.137. The molecule has 0 aromatic heterocycles. The first kappa shape index (κ1) is 17.0. The van der Waals surface area contributed by atoms with Crippen molar-refractivity contribution in [1.29, 1.82) is 0 Å². The minimum Gasteiger partial charge on any atom is -0.481 e. The van der Waals surface area contributed by atoms with E-state index in [0.29, 0.717) is 30.1 Å². The Kier molecular flexibility index (Phi) is 6.72. The van der Waals surface area contributed by atoms with Gasteiger partial charge in [-0.25, -0.2) is 0 Å². The molecule has 0 radical (unpaired) electrons. The van der Waals surface area contributed by atoms with Crippen LogP contribution in [0.2, 0.25) is 0 Å². The Morgan fingerprint density at radius 2 is 2.05 bits per heavy atom. The van der Waals surface area contributed by atoms with Gasteiger partial charge in [0.2, 0.25) is 0 Å². The molecular formula is C16H24N2O3. The number of carbonyl (C=O) groups is 2. The number of amides is 1. The Morgan fingerprint density at radius 3 is 2.67 bits per heavy atom. The summed E-state index contributed by atoms with van der Waals surface area (Å²) in [4.78, 5) is 22.7. The molecule has 0 spiro atoms. The number of aliphatic carboxylic acids is 1. The lowest BCUT2D eigenvalue weighted by Gasteiger charge is -2.14. The first-order valence-electron chi connectivity index (χ1n) is 7.30. The maximum absolute atomic E-state index is 12.1. The fourth-order valence-corrected chi connectivity index (χ4v) is 2.26. The number of hydrogen-bond acceptors (Lipinski definition) is 3. The van der Waals surface area contributed by atoms with Crippen molar-refractivity contribution < 1.29 is 14.7 Å². The Balaban J connectivity index is 2.45. The van der Waals surface area contributed by atoms with E-state index >= 15 is 0 Å². The second-order valence-corrected chi connectivity index (χ2v) is 5.27. The average Bonchev–Trinajstić information content (AvgIpc) is 2.45. The molecule has 21 heavy (non-hydrogen) atoms. The molecule has 4 N–H and O–H groups in total. The number of rotatable bonds is 8. The number of nitrogens with one attached hydrogen (secondary N) is 1. The standard InChI is InChI=1S/C16H24N2O3/c1-3-12(7-8-15(19)20)9-10-18-16(21)13-5-4-6-14(17)11(13)2/h4-6,12H,3,7-10,17H2,1-2H3,(H,18,21)(H,19,20). The molecular weight excluding hydrogens is 268 g/mol. The molecule has 1 atom stereocenters. The van der Waals surface area contributed by atoms with Gasteiger partial charge in [0.05, 0.1) is 0 Å². The molecule has 1 aromatic rings. The minimum absolute atomic E-state index is 0.132. The Morgan fingerprint density at radius 1 is 1.33 bits per heavy atom. The van der Waals surface area contributed by atoms with E-state index in [-0.39, 0.29) is 12.3 Å². The van der Waals surface area contributed by atoms with Gasteiger partial charge >= 0.3 is 5.97 Å². The van der Waals surface area contributed by atoms with Crippen LogP contribution in [0.25, 0.3) is 0 Å². The van der Waals surface area contributed by atoms with E-state index in [0.717, 1.165) is 18.4 Å². The van der Waals surface area contributed by atoms with E-state index in [1.807, 2.05) is 13.8 Å². The summed E-state index contributed by atoms with van der Waals surface area (Å²) < 4.78 is 0. The van der Waals surface area contributed by atoms with Crippen molar-refractivity contribution in [3.8, 4) is 0 Å². The summed E-state index contributed by atoms with van der Waals surface area (Å²) in [6, 6.07) is 5.28. The SMILES string of the molecule is CCC(CCNC(=O)c1cccc(N)c1C)CCC(=O)O. The van der Waals surface area contributed by atoms with Gasteiger partial charge in [-0.3, -0.25) is 9.59 Å². The van der Waals surface area contributed by atoms with Crippen LogP contribution in [-0.4, -0.2) is 23.5 Å². The van der Waals surface area contributed by atoms with Crippen LogP contribution < -0.4 is 11.1 Å². The van der Waals surface area contributed by atoms with Gasteiger partial charge in [-0.2, -0.15) is 0 Å². The summed E-state index contributed by atoms with van der Waals surface area (Å²) in [5.41, 5.74) is 7.77. The molecule has 0 aliphatic carbocycles. The van der Waals surface area contributed by atoms with Crippen molar-refractivity contribution in [1.82, 2.24) is 5.32 Å². The van der Waals surface area contributed by atoms with Crippen molar-refractivity contribution in [3.63, 3.8) is 0 Å². The number of carboxylic acids is 1. The summed E-state index contributed by atoms with van der Waals surface area (Å²) in [6.07, 6.45) is 2.54. The van der Waals surface area contributed by atoms with Crippen LogP contribution in [0, 0.1) is 12.8 Å². The fourth-order valence-electron chi connectivity index (χ4n) is 2.26. The van der Waals surface area contributed by atoms with Crippen LogP contribution >= 0.6 is 0 Å². The van der Waals surface area contributed by atoms with Crippen molar-refractivity contribution in [2.45, 2.75) is 39.5 Å². The highest BCUT2D eigenvalue weighted by molar-refractivity contribution is 5.96. The van der Waals surface area contributed by atoms with Crippen LogP contribution in [0.15, 0.2) is 18.2 Å². The lowest BCUT2D eigenvalue weighted by atomic mass is 9.96. The van der Waals surface area contributed by atoms with E-state index in [9.17, 15) is 9.59 Å². The second-order valence-electron chi connectivity index (χ2n) is 5.27. The van der Waals surface area contributed by atoms with Crippen molar-refractivity contribution in [3.05, 3.63) is 29.3 Å². The van der Waals surface area contributed by atoms with Crippen molar-refractivity contribution in [2.75, 3.05) is 12.3 Å². The first-order chi connectivity index (χ1) is 9.95. The molecule has 0 saturated carbocycles. The highest BCUT2D eigenvalue weighted by Crippen LogP contribution is 2.17. The van der Waals surface area contributed by atoms with Crippen LogP contribution in [0.3, 0.4) is 0 Å². The summed E-state index contributed by atoms with van der Waals surface area (Å²) in [6.45, 7) is 4.41. The topological polar surface area (TPSA) is 92.4 Å². The summed E-state index contributed by atoms with van der Waals surface area (Å²) in [7, 11) is 0. The van der Waals surface area contributed by atoms with E-state index in [1.54, 1.807) is 18.2 Å². The van der Waals surface area contributed by atoms with Gasteiger partial charge < -0.3 is 16.2 Å². The molecule has 0 saturated heterocycles. The predicted molar refractivity (Wildman–Crippen MR) is 83.2 cm³/mol. The largest absolute Gasteiger partial charge is 0.481 e. The molecule has 5 nitrogen and oxygen atoms in total. The van der Waals surface area contributed by atoms with Crippen LogP contribution in [0.5, 0.6) is 0 Å². The fraction of sp³-hybridized carbons (Fsp3) is 0.500. The predicted octanol–water partition coefficient (Wildman–Crippen LogP) is 2.59. The monoisotopic (exact) mass is 292 g/mol. The van der Waals surface area contributed by atoms with Crippen LogP contribution in [0.4, 0.5) is 5.69 Å². The van der Waals surface area contributed by atoms with Gasteiger partial charge in [-0.1, -0.05) is 19.4 Å². The molecule has 1 rings (SSSR count). The third kappa shape index (κ3) is 5.45. The summed E-state index contributed by atoms with van der Waals surface area (Å²) in [5, 5.41) is 11.6. The quantitative estimate of drug-likeness (QED) is 0.642. The number of nitrogens with two attached hydrogens (primary N) is 1. The number of carboxylic acid groups (broad SMARTS) is 1. The van der Waals surface area contributed by atoms with Crippen molar-refractivity contribution in [2.24, 2.45) is 5.92 Å². The van der Waals surface area contributed by atoms with E-state index in [1.165, 1.54) is 0 Å². The van der Waals surface area contributed by atoms with Gasteiger partial charge in [0.1, 0.15) is 0 Å². The van der Waals surface area contributed by atoms with Crippen LogP contribution in [0.1, 0.15) is 48.5 Å². The van der Waals surface area contributed by atoms with Gasteiger partial charge in [0.15, 0.2) is 0 Å². The lowest BCUT2D eigenvalue weighted by Crippen LogP contribution is -2.26. The van der Waals surface area contributed by atoms with Crippen molar-refractivity contribution >= 4 is 17.6 Å². The Bertz CT molecular complexity index is 500. The first-order valence-corrected chi connectivity index (χ1v) is 7.30. The van der Waals surface area contributed by atoms with Gasteiger partial charge in [-0.15, -0.1) is 0 Å². The normalized spacial score (nSPS) is 11.9. The highest BCUT2D eigenvalue weighted by atomic mass is 16.4. The Hall–Kier alpha value is -2.04. The minimum atomic E-state index is -0.770. The molecule has 5 heteroatoms. The molecule has 0 heterocycles. The zero-order valence-corrected chi connectivity index (χ0v) is 12.7. The molecule has 0 bridgehead atoms. The number of nitrogen functional groups attached to an aromatic ring is 1. The number of benzene rings is 1. The molecule has 1 unspecified atom stereocenters. The third-order valence-corrected chi connectivity index (χ3v) is 3.80. The van der Waals surface area contributed by atoms with Gasteiger partial charge in [0, 0.05) is 24.2 Å². The second kappa shape index (κ2) is 8.29. The molecule has 0 aliphatic heterocycles. The maximum atomic E-state index is 12.1. The third-order valence-electron chi connectivity index (χ3n) is 3.80. The Labute approximate surface area is 125 Å². The van der Waals surface area contributed by atoms with E-state index in [2.05, 4.69) is 5.32 Å². The molecule has 1 aromatic carbocycles. The number of anilines is 1. The zero-order valence-electron chi connectivity index (χ0n) is 12.7. The summed E-state index contributed by atoms with van der Waals surface area (Å²) >= 11 is 0. The van der Waals surface area contributed by atoms with Gasteiger partial charge in [-0.05, 0) is 43.4 Å². The molecule has 0 fully saturated rings. The summed E-state index contributed by atoms with van der Waals surface area (Å²) in [5.74, 6) is -0.580. The van der Waals surface area contributed by atoms with E-state index < -0.39 is 5.97 Å². The smallest absolute Gasteiger partial charge is 0.303 e. The van der Waals surface area contributed by atoms with Crippen LogP contribution in [-0.2, 0) is 4.79 Å². The molecule has 116 valence electrons. The van der Waals surface area contributed by atoms with E-state index in [4.69, 9.17) is 10.8 Å². The maximum Gasteiger partial charge on any atom is 0.303 e. The number of carbonyl (C=O) groups excluding carboxylic acids is 1. The zero-order chi connectivity index (χ0) is 15.8. The van der Waals surface area contributed by atoms with Gasteiger partial charge in [0.25, 0.3) is 5.91 Å². The molecule has 1 amide bonds. The average molecular weight is 292 g/mol. The number of hydrogen-bond donors (Lipinski definition) is 3.